The van der Waals surface area contributed by atoms with Crippen molar-refractivity contribution in [3.05, 3.63) is 90.2 Å². The second-order valence-corrected chi connectivity index (χ2v) is 7.31. The minimum Gasteiger partial charge on any atom is -0.494 e. The number of nitrogens with zero attached hydrogens (tertiary/aromatic N) is 3. The molecule has 1 aliphatic heterocycles. The van der Waals surface area contributed by atoms with Crippen molar-refractivity contribution in [1.29, 1.82) is 0 Å². The highest BCUT2D eigenvalue weighted by atomic mass is 32.1. The molecule has 0 saturated carbocycles. The van der Waals surface area contributed by atoms with Gasteiger partial charge in [0.25, 0.3) is 11.2 Å². The van der Waals surface area contributed by atoms with Crippen LogP contribution in [0.15, 0.2) is 52.3 Å². The number of halogens is 1. The predicted molar refractivity (Wildman–Crippen MR) is 117 cm³/mol. The van der Waals surface area contributed by atoms with Crippen LogP contribution in [0.1, 0.15) is 23.6 Å². The molecule has 0 atom stereocenters. The summed E-state index contributed by atoms with van der Waals surface area (Å²) in [6, 6.07) is 9.92. The highest BCUT2D eigenvalue weighted by Crippen LogP contribution is 2.38. The molecule has 2 heterocycles. The first-order chi connectivity index (χ1) is 14.7. The van der Waals surface area contributed by atoms with Crippen molar-refractivity contribution in [3.8, 4) is 5.88 Å². The first-order valence-electron chi connectivity index (χ1n) is 9.11. The van der Waals surface area contributed by atoms with Crippen LogP contribution in [0.2, 0.25) is 0 Å². The number of rotatable bonds is 4. The lowest BCUT2D eigenvalue weighted by Crippen LogP contribution is -2.17. The first-order valence-corrected chi connectivity index (χ1v) is 9.52. The summed E-state index contributed by atoms with van der Waals surface area (Å²) in [6.07, 6.45) is 1.43. The number of aliphatic imine (C=N–C) groups is 1. The molecule has 8 nitrogen and oxygen atoms in total. The molecule has 0 unspecified atom stereocenters. The number of allylic oxidation sites excluding steroid dienone is 1. The van der Waals surface area contributed by atoms with E-state index in [1.54, 1.807) is 19.1 Å². The SMILES string of the molecule is CC1=Nc2ccc([N+](=O)[O-])cc2C1=Cc1c(O)n(Cc2ccc(F)cc2)c(=S)[nH]c1=O. The molecule has 4 rings (SSSR count). The van der Waals surface area contributed by atoms with Gasteiger partial charge in [0.05, 0.1) is 17.2 Å². The normalized spacial score (nSPS) is 13.9. The highest BCUT2D eigenvalue weighted by molar-refractivity contribution is 7.71. The van der Waals surface area contributed by atoms with Crippen LogP contribution in [0.5, 0.6) is 5.88 Å². The minimum absolute atomic E-state index is 0.00169. The number of aromatic nitrogens is 2. The Labute approximate surface area is 179 Å². The molecule has 0 fully saturated rings. The summed E-state index contributed by atoms with van der Waals surface area (Å²) in [6.45, 7) is 1.81. The Morgan fingerprint density at radius 3 is 2.68 bits per heavy atom. The Bertz CT molecular complexity index is 1400. The molecule has 1 aliphatic rings. The Hall–Kier alpha value is -3.92. The summed E-state index contributed by atoms with van der Waals surface area (Å²) in [5.41, 5.74) is 1.91. The Morgan fingerprint density at radius 1 is 1.29 bits per heavy atom. The fourth-order valence-corrected chi connectivity index (χ4v) is 3.58. The van der Waals surface area contributed by atoms with Gasteiger partial charge in [0, 0.05) is 29.0 Å². The molecule has 0 spiro atoms. The maximum absolute atomic E-state index is 13.2. The Kier molecular flexibility index (Phi) is 5.07. The van der Waals surface area contributed by atoms with E-state index < -0.39 is 16.3 Å². The molecule has 2 aromatic carbocycles. The monoisotopic (exact) mass is 438 g/mol. The third kappa shape index (κ3) is 3.80. The molecular formula is C21H15FN4O4S. The van der Waals surface area contributed by atoms with Crippen molar-refractivity contribution in [2.45, 2.75) is 13.5 Å². The van der Waals surface area contributed by atoms with E-state index in [1.165, 1.54) is 41.0 Å². The van der Waals surface area contributed by atoms with E-state index in [1.807, 2.05) is 0 Å². The Morgan fingerprint density at radius 2 is 2.00 bits per heavy atom. The number of nitro groups is 1. The third-order valence-corrected chi connectivity index (χ3v) is 5.23. The lowest BCUT2D eigenvalue weighted by Gasteiger charge is -2.12. The lowest BCUT2D eigenvalue weighted by molar-refractivity contribution is -0.384. The summed E-state index contributed by atoms with van der Waals surface area (Å²) in [5, 5.41) is 22.0. The molecule has 0 saturated heterocycles. The van der Waals surface area contributed by atoms with E-state index in [0.29, 0.717) is 28.1 Å². The number of benzene rings is 2. The second-order valence-electron chi connectivity index (χ2n) is 6.92. The van der Waals surface area contributed by atoms with Gasteiger partial charge in [0.2, 0.25) is 5.88 Å². The maximum atomic E-state index is 13.2. The molecule has 2 N–H and O–H groups in total. The molecule has 0 aliphatic carbocycles. The molecule has 3 aromatic rings. The van der Waals surface area contributed by atoms with Gasteiger partial charge in [-0.2, -0.15) is 0 Å². The number of non-ortho nitro benzene ring substituents is 1. The van der Waals surface area contributed by atoms with Gasteiger partial charge >= 0.3 is 0 Å². The van der Waals surface area contributed by atoms with Crippen LogP contribution in [0.4, 0.5) is 15.8 Å². The van der Waals surface area contributed by atoms with Crippen LogP contribution in [-0.2, 0) is 6.54 Å². The average Bonchev–Trinajstić information content (AvgIpc) is 3.03. The number of H-pyrrole nitrogens is 1. The summed E-state index contributed by atoms with van der Waals surface area (Å²) in [7, 11) is 0. The van der Waals surface area contributed by atoms with Crippen LogP contribution in [0.3, 0.4) is 0 Å². The fourth-order valence-electron chi connectivity index (χ4n) is 3.34. The second kappa shape index (κ2) is 7.73. The third-order valence-electron chi connectivity index (χ3n) is 4.91. The van der Waals surface area contributed by atoms with E-state index >= 15 is 0 Å². The highest BCUT2D eigenvalue weighted by Gasteiger charge is 2.22. The van der Waals surface area contributed by atoms with Crippen molar-refractivity contribution in [1.82, 2.24) is 9.55 Å². The van der Waals surface area contributed by atoms with Gasteiger partial charge in [-0.1, -0.05) is 12.1 Å². The van der Waals surface area contributed by atoms with Crippen LogP contribution in [0.25, 0.3) is 11.6 Å². The van der Waals surface area contributed by atoms with Crippen molar-refractivity contribution in [3.63, 3.8) is 0 Å². The van der Waals surface area contributed by atoms with Crippen molar-refractivity contribution >= 4 is 41.0 Å². The molecule has 0 amide bonds. The van der Waals surface area contributed by atoms with Gasteiger partial charge in [-0.3, -0.25) is 29.5 Å². The molecule has 1 aromatic heterocycles. The van der Waals surface area contributed by atoms with Gasteiger partial charge in [-0.05, 0) is 49.0 Å². The van der Waals surface area contributed by atoms with Crippen molar-refractivity contribution < 1.29 is 14.4 Å². The zero-order chi connectivity index (χ0) is 22.3. The van der Waals surface area contributed by atoms with Gasteiger partial charge in [0.1, 0.15) is 11.4 Å². The van der Waals surface area contributed by atoms with Gasteiger partial charge in [-0.25, -0.2) is 4.39 Å². The molecule has 31 heavy (non-hydrogen) atoms. The number of hydrogen-bond acceptors (Lipinski definition) is 6. The van der Waals surface area contributed by atoms with Crippen molar-refractivity contribution in [2.75, 3.05) is 0 Å². The van der Waals surface area contributed by atoms with E-state index in [4.69, 9.17) is 12.2 Å². The molecule has 0 radical (unpaired) electrons. The van der Waals surface area contributed by atoms with Gasteiger partial charge in [0.15, 0.2) is 4.77 Å². The summed E-state index contributed by atoms with van der Waals surface area (Å²) in [4.78, 5) is 30.1. The van der Waals surface area contributed by atoms with E-state index in [2.05, 4.69) is 9.98 Å². The van der Waals surface area contributed by atoms with Gasteiger partial charge in [-0.15, -0.1) is 0 Å². The van der Waals surface area contributed by atoms with E-state index in [9.17, 15) is 24.4 Å². The van der Waals surface area contributed by atoms with Crippen LogP contribution in [0, 0.1) is 20.7 Å². The number of aromatic hydroxyl groups is 1. The minimum atomic E-state index is -0.614. The summed E-state index contributed by atoms with van der Waals surface area (Å²) >= 11 is 5.18. The van der Waals surface area contributed by atoms with Crippen molar-refractivity contribution in [2.24, 2.45) is 4.99 Å². The van der Waals surface area contributed by atoms with Crippen LogP contribution in [-0.4, -0.2) is 25.3 Å². The van der Waals surface area contributed by atoms with Gasteiger partial charge < -0.3 is 5.11 Å². The summed E-state index contributed by atoms with van der Waals surface area (Å²) < 4.78 is 14.5. The average molecular weight is 438 g/mol. The zero-order valence-electron chi connectivity index (χ0n) is 16.1. The molecule has 0 bridgehead atoms. The Balaban J connectivity index is 1.84. The number of fused-ring (bicyclic) bond motifs is 1. The first kappa shape index (κ1) is 20.4. The topological polar surface area (TPSA) is 114 Å². The predicted octanol–water partition coefficient (Wildman–Crippen LogP) is 4.35. The lowest BCUT2D eigenvalue weighted by atomic mass is 10.0. The van der Waals surface area contributed by atoms with E-state index in [-0.39, 0.29) is 28.4 Å². The van der Waals surface area contributed by atoms with Crippen LogP contribution >= 0.6 is 12.2 Å². The summed E-state index contributed by atoms with van der Waals surface area (Å²) in [5.74, 6) is -0.774. The standard InChI is InChI=1S/C21H15FN4O4S/c1-11-15(16-8-14(26(29)30)6-7-18(16)23-11)9-17-19(27)24-21(31)25(20(17)28)10-12-2-4-13(22)5-3-12/h2-9,28H,10H2,1H3,(H,24,27,31). The van der Waals surface area contributed by atoms with E-state index in [0.717, 1.165) is 0 Å². The quantitative estimate of drug-likeness (QED) is 0.357. The molecular weight excluding hydrogens is 423 g/mol. The fraction of sp³-hybridized carbons (Fsp3) is 0.0952. The largest absolute Gasteiger partial charge is 0.494 e. The molecule has 10 heteroatoms. The smallest absolute Gasteiger partial charge is 0.270 e. The zero-order valence-corrected chi connectivity index (χ0v) is 16.9. The number of nitrogens with one attached hydrogen (secondary N) is 1. The number of aromatic amines is 1. The van der Waals surface area contributed by atoms with Crippen LogP contribution < -0.4 is 5.56 Å². The molecule has 156 valence electrons. The number of hydrogen-bond donors (Lipinski definition) is 2. The maximum Gasteiger partial charge on any atom is 0.270 e. The number of nitro benzene ring substituents is 1.